The first-order chi connectivity index (χ1) is 8.88. The molecule has 5 heteroatoms. The first kappa shape index (κ1) is 16.0. The summed E-state index contributed by atoms with van der Waals surface area (Å²) in [4.78, 5) is 27.3. The highest BCUT2D eigenvalue weighted by Crippen LogP contribution is 2.07. The van der Waals surface area contributed by atoms with E-state index in [-0.39, 0.29) is 18.0 Å². The van der Waals surface area contributed by atoms with Gasteiger partial charge in [0.2, 0.25) is 0 Å². The van der Waals surface area contributed by atoms with E-state index in [0.717, 1.165) is 13.1 Å². The van der Waals surface area contributed by atoms with Crippen LogP contribution in [0.15, 0.2) is 0 Å². The Morgan fingerprint density at radius 3 is 2.11 bits per heavy atom. The van der Waals surface area contributed by atoms with Gasteiger partial charge in [-0.05, 0) is 19.8 Å². The van der Waals surface area contributed by atoms with Gasteiger partial charge in [-0.2, -0.15) is 0 Å². The van der Waals surface area contributed by atoms with Gasteiger partial charge in [0.1, 0.15) is 5.78 Å². The molecule has 0 N–H and O–H groups in total. The summed E-state index contributed by atoms with van der Waals surface area (Å²) in [6.45, 7) is 11.1. The van der Waals surface area contributed by atoms with E-state index in [1.807, 2.05) is 13.8 Å². The molecule has 1 amide bonds. The van der Waals surface area contributed by atoms with Gasteiger partial charge in [0.15, 0.2) is 0 Å². The highest BCUT2D eigenvalue weighted by molar-refractivity contribution is 5.80. The average Bonchev–Trinajstić information content (AvgIpc) is 2.27. The Kier molecular flexibility index (Phi) is 6.28. The predicted molar refractivity (Wildman–Crippen MR) is 74.1 cm³/mol. The summed E-state index contributed by atoms with van der Waals surface area (Å²) in [5.41, 5.74) is 0. The number of rotatable bonds is 5. The van der Waals surface area contributed by atoms with E-state index in [1.54, 1.807) is 4.90 Å². The lowest BCUT2D eigenvalue weighted by Gasteiger charge is -2.34. The van der Waals surface area contributed by atoms with Crippen molar-refractivity contribution >= 4 is 11.9 Å². The summed E-state index contributed by atoms with van der Waals surface area (Å²) >= 11 is 0. The van der Waals surface area contributed by atoms with Crippen molar-refractivity contribution in [3.05, 3.63) is 0 Å². The average molecular weight is 270 g/mol. The minimum Gasteiger partial charge on any atom is -0.447 e. The smallest absolute Gasteiger partial charge is 0.410 e. The first-order valence-electron chi connectivity index (χ1n) is 7.08. The number of piperazine rings is 1. The normalized spacial score (nSPS) is 17.1. The molecule has 0 aromatic rings. The SMILES string of the molecule is CC(C)CC(=O)CN1CCN(C(=O)OC(C)C)CC1. The van der Waals surface area contributed by atoms with Gasteiger partial charge in [-0.1, -0.05) is 13.8 Å². The molecular weight excluding hydrogens is 244 g/mol. The Morgan fingerprint density at radius 2 is 1.63 bits per heavy atom. The van der Waals surface area contributed by atoms with E-state index < -0.39 is 0 Å². The molecule has 1 heterocycles. The van der Waals surface area contributed by atoms with Crippen LogP contribution in [0.3, 0.4) is 0 Å². The third-order valence-corrected chi connectivity index (χ3v) is 3.00. The van der Waals surface area contributed by atoms with Crippen LogP contribution in [0.25, 0.3) is 0 Å². The molecule has 1 fully saturated rings. The molecular formula is C14H26N2O3. The Labute approximate surface area is 115 Å². The highest BCUT2D eigenvalue weighted by Gasteiger charge is 2.23. The van der Waals surface area contributed by atoms with Crippen molar-refractivity contribution in [2.45, 2.75) is 40.2 Å². The third-order valence-electron chi connectivity index (χ3n) is 3.00. The molecule has 1 aliphatic heterocycles. The molecule has 0 aliphatic carbocycles. The zero-order valence-electron chi connectivity index (χ0n) is 12.5. The van der Waals surface area contributed by atoms with Crippen molar-refractivity contribution < 1.29 is 14.3 Å². The van der Waals surface area contributed by atoms with E-state index in [4.69, 9.17) is 4.74 Å². The van der Waals surface area contributed by atoms with Crippen molar-refractivity contribution in [3.8, 4) is 0 Å². The van der Waals surface area contributed by atoms with Gasteiger partial charge in [0.25, 0.3) is 0 Å². The number of hydrogen-bond acceptors (Lipinski definition) is 4. The zero-order chi connectivity index (χ0) is 14.4. The van der Waals surface area contributed by atoms with Gasteiger partial charge >= 0.3 is 6.09 Å². The molecule has 0 unspecified atom stereocenters. The molecule has 1 aliphatic rings. The van der Waals surface area contributed by atoms with Gasteiger partial charge in [0, 0.05) is 32.6 Å². The van der Waals surface area contributed by atoms with Crippen LogP contribution in [0.5, 0.6) is 0 Å². The summed E-state index contributed by atoms with van der Waals surface area (Å²) in [6.07, 6.45) is 0.302. The van der Waals surface area contributed by atoms with Gasteiger partial charge < -0.3 is 9.64 Å². The standard InChI is InChI=1S/C14H26N2O3/c1-11(2)9-13(17)10-15-5-7-16(8-6-15)14(18)19-12(3)4/h11-12H,5-10H2,1-4H3. The summed E-state index contributed by atoms with van der Waals surface area (Å²) in [7, 11) is 0. The number of ketones is 1. The molecule has 19 heavy (non-hydrogen) atoms. The van der Waals surface area contributed by atoms with Gasteiger partial charge in [-0.15, -0.1) is 0 Å². The number of Topliss-reactive ketones (excluding diaryl/α,β-unsaturated/α-hetero) is 1. The molecule has 0 saturated carbocycles. The second kappa shape index (κ2) is 7.48. The lowest BCUT2D eigenvalue weighted by molar-refractivity contribution is -0.121. The summed E-state index contributed by atoms with van der Waals surface area (Å²) in [5, 5.41) is 0. The molecule has 1 saturated heterocycles. The largest absolute Gasteiger partial charge is 0.447 e. The number of carbonyl (C=O) groups is 2. The maximum absolute atomic E-state index is 11.7. The minimum absolute atomic E-state index is 0.0850. The number of hydrogen-bond donors (Lipinski definition) is 0. The maximum Gasteiger partial charge on any atom is 0.410 e. The Bertz CT molecular complexity index is 308. The summed E-state index contributed by atoms with van der Waals surface area (Å²) < 4.78 is 5.16. The maximum atomic E-state index is 11.7. The predicted octanol–water partition coefficient (Wildman–Crippen LogP) is 1.76. The van der Waals surface area contributed by atoms with Gasteiger partial charge in [-0.3, -0.25) is 9.69 Å². The molecule has 110 valence electrons. The molecule has 5 nitrogen and oxygen atoms in total. The summed E-state index contributed by atoms with van der Waals surface area (Å²) in [5.74, 6) is 0.697. The third kappa shape index (κ3) is 6.05. The molecule has 0 aromatic carbocycles. The van der Waals surface area contributed by atoms with Gasteiger partial charge in [0.05, 0.1) is 12.6 Å². The molecule has 0 radical (unpaired) electrons. The second-order valence-electron chi connectivity index (χ2n) is 5.83. The Hall–Kier alpha value is -1.10. The number of nitrogens with zero attached hydrogens (tertiary/aromatic N) is 2. The molecule has 0 aromatic heterocycles. The second-order valence-corrected chi connectivity index (χ2v) is 5.83. The number of ether oxygens (including phenoxy) is 1. The number of carbonyl (C=O) groups excluding carboxylic acids is 2. The van der Waals surface area contributed by atoms with Gasteiger partial charge in [-0.25, -0.2) is 4.79 Å². The van der Waals surface area contributed by atoms with E-state index in [9.17, 15) is 9.59 Å². The fourth-order valence-electron chi connectivity index (χ4n) is 2.13. The summed E-state index contributed by atoms with van der Waals surface area (Å²) in [6, 6.07) is 0. The van der Waals surface area contributed by atoms with Crippen molar-refractivity contribution in [1.82, 2.24) is 9.80 Å². The van der Waals surface area contributed by atoms with Crippen molar-refractivity contribution in [2.24, 2.45) is 5.92 Å². The fraction of sp³-hybridized carbons (Fsp3) is 0.857. The topological polar surface area (TPSA) is 49.9 Å². The van der Waals surface area contributed by atoms with E-state index >= 15 is 0 Å². The van der Waals surface area contributed by atoms with Crippen LogP contribution in [0, 0.1) is 5.92 Å². The molecule has 0 spiro atoms. The Morgan fingerprint density at radius 1 is 1.05 bits per heavy atom. The van der Waals surface area contributed by atoms with Crippen LogP contribution < -0.4 is 0 Å². The minimum atomic E-state index is -0.247. The van der Waals surface area contributed by atoms with Crippen LogP contribution in [0.4, 0.5) is 4.79 Å². The zero-order valence-corrected chi connectivity index (χ0v) is 12.5. The first-order valence-corrected chi connectivity index (χ1v) is 7.08. The van der Waals surface area contributed by atoms with Crippen LogP contribution in [-0.2, 0) is 9.53 Å². The molecule has 0 bridgehead atoms. The van der Waals surface area contributed by atoms with E-state index in [2.05, 4.69) is 18.7 Å². The quantitative estimate of drug-likeness (QED) is 0.764. The fourth-order valence-corrected chi connectivity index (χ4v) is 2.13. The number of amides is 1. The van der Waals surface area contributed by atoms with E-state index in [0.29, 0.717) is 32.0 Å². The van der Waals surface area contributed by atoms with Crippen LogP contribution >= 0.6 is 0 Å². The van der Waals surface area contributed by atoms with Crippen molar-refractivity contribution in [3.63, 3.8) is 0 Å². The lowest BCUT2D eigenvalue weighted by Crippen LogP contribution is -2.50. The van der Waals surface area contributed by atoms with E-state index in [1.165, 1.54) is 0 Å². The van der Waals surface area contributed by atoms with Crippen LogP contribution in [0.2, 0.25) is 0 Å². The Balaban J connectivity index is 2.29. The van der Waals surface area contributed by atoms with Crippen LogP contribution in [-0.4, -0.2) is 60.5 Å². The lowest BCUT2D eigenvalue weighted by atomic mass is 10.1. The van der Waals surface area contributed by atoms with Crippen molar-refractivity contribution in [2.75, 3.05) is 32.7 Å². The monoisotopic (exact) mass is 270 g/mol. The van der Waals surface area contributed by atoms with Crippen molar-refractivity contribution in [1.29, 1.82) is 0 Å². The highest BCUT2D eigenvalue weighted by atomic mass is 16.6. The molecule has 1 rings (SSSR count). The molecule has 0 atom stereocenters. The van der Waals surface area contributed by atoms with Crippen LogP contribution in [0.1, 0.15) is 34.1 Å².